The van der Waals surface area contributed by atoms with Gasteiger partial charge in [-0.2, -0.15) is 10.2 Å². The maximum atomic E-state index is 12.6. The lowest BCUT2D eigenvalue weighted by molar-refractivity contribution is -0.116. The third-order valence-corrected chi connectivity index (χ3v) is 4.75. The molecule has 150 valence electrons. The number of aromatic nitrogens is 4. The first kappa shape index (κ1) is 19.6. The van der Waals surface area contributed by atoms with Crippen molar-refractivity contribution in [2.45, 2.75) is 58.2 Å². The Balaban J connectivity index is 1.64. The second-order valence-electron chi connectivity index (χ2n) is 6.74. The Kier molecular flexibility index (Phi) is 6.07. The predicted molar refractivity (Wildman–Crippen MR) is 100 cm³/mol. The van der Waals surface area contributed by atoms with Gasteiger partial charge in [-0.25, -0.2) is 4.79 Å². The highest BCUT2D eigenvalue weighted by Gasteiger charge is 2.23. The molecular weight excluding hydrogens is 364 g/mol. The largest absolute Gasteiger partial charge is 0.477 e. The third-order valence-electron chi connectivity index (χ3n) is 4.75. The van der Waals surface area contributed by atoms with Crippen molar-refractivity contribution in [1.29, 1.82) is 0 Å². The number of aryl methyl sites for hydroxylation is 2. The lowest BCUT2D eigenvalue weighted by atomic mass is 10.2. The van der Waals surface area contributed by atoms with Crippen LogP contribution in [-0.2, 0) is 17.9 Å². The summed E-state index contributed by atoms with van der Waals surface area (Å²) in [5, 5.41) is 22.9. The van der Waals surface area contributed by atoms with E-state index in [0.717, 1.165) is 25.7 Å². The van der Waals surface area contributed by atoms with Gasteiger partial charge in [0.05, 0.1) is 12.2 Å². The summed E-state index contributed by atoms with van der Waals surface area (Å²) in [7, 11) is 0. The number of aromatic carboxylic acids is 1. The molecule has 1 aliphatic rings. The molecule has 2 amide bonds. The highest BCUT2D eigenvalue weighted by molar-refractivity contribution is 6.02. The Morgan fingerprint density at radius 2 is 2.04 bits per heavy atom. The van der Waals surface area contributed by atoms with Crippen LogP contribution in [0.25, 0.3) is 0 Å². The van der Waals surface area contributed by atoms with Crippen molar-refractivity contribution in [3.8, 4) is 0 Å². The van der Waals surface area contributed by atoms with E-state index in [1.807, 2.05) is 6.92 Å². The standard InChI is InChI=1S/C18H24N6O4/c1-2-23-11-13(16(22-23)17(26)20-12-5-3-4-6-12)21-15(25)8-10-24-14(18(27)28)7-9-19-24/h7,9,11-12H,2-6,8,10H2,1H3,(H,20,26)(H,21,25)(H,27,28). The molecule has 0 bridgehead atoms. The fraction of sp³-hybridized carbons (Fsp3) is 0.500. The molecule has 0 aromatic carbocycles. The summed E-state index contributed by atoms with van der Waals surface area (Å²) in [4.78, 5) is 36.0. The van der Waals surface area contributed by atoms with Crippen LogP contribution in [0.3, 0.4) is 0 Å². The van der Waals surface area contributed by atoms with Crippen molar-refractivity contribution < 1.29 is 19.5 Å². The van der Waals surface area contributed by atoms with Crippen LogP contribution >= 0.6 is 0 Å². The van der Waals surface area contributed by atoms with E-state index in [1.165, 1.54) is 16.9 Å². The first-order valence-electron chi connectivity index (χ1n) is 9.41. The van der Waals surface area contributed by atoms with Crippen molar-refractivity contribution in [3.63, 3.8) is 0 Å². The van der Waals surface area contributed by atoms with Gasteiger partial charge in [0.1, 0.15) is 5.69 Å². The van der Waals surface area contributed by atoms with Crippen LogP contribution in [0.1, 0.15) is 60.0 Å². The van der Waals surface area contributed by atoms with Gasteiger partial charge in [-0.15, -0.1) is 0 Å². The summed E-state index contributed by atoms with van der Waals surface area (Å²) in [5.74, 6) is -1.75. The van der Waals surface area contributed by atoms with Gasteiger partial charge in [0.25, 0.3) is 5.91 Å². The molecule has 0 unspecified atom stereocenters. The van der Waals surface area contributed by atoms with E-state index in [1.54, 1.807) is 10.9 Å². The maximum Gasteiger partial charge on any atom is 0.354 e. The number of nitrogens with zero attached hydrogens (tertiary/aromatic N) is 4. The second-order valence-corrected chi connectivity index (χ2v) is 6.74. The van der Waals surface area contributed by atoms with Crippen molar-refractivity contribution in [3.05, 3.63) is 29.8 Å². The van der Waals surface area contributed by atoms with E-state index in [2.05, 4.69) is 20.8 Å². The number of anilines is 1. The molecule has 0 spiro atoms. The first-order chi connectivity index (χ1) is 13.5. The van der Waals surface area contributed by atoms with Gasteiger partial charge in [0.15, 0.2) is 5.69 Å². The van der Waals surface area contributed by atoms with E-state index < -0.39 is 5.97 Å². The van der Waals surface area contributed by atoms with Gasteiger partial charge in [-0.1, -0.05) is 12.8 Å². The highest BCUT2D eigenvalue weighted by atomic mass is 16.4. The average Bonchev–Trinajstić information content (AvgIpc) is 3.40. The number of carbonyl (C=O) groups is 3. The summed E-state index contributed by atoms with van der Waals surface area (Å²) < 4.78 is 2.85. The molecule has 2 aromatic heterocycles. The molecule has 3 N–H and O–H groups in total. The van der Waals surface area contributed by atoms with E-state index in [0.29, 0.717) is 12.2 Å². The van der Waals surface area contributed by atoms with Crippen LogP contribution < -0.4 is 10.6 Å². The fourth-order valence-corrected chi connectivity index (χ4v) is 3.28. The van der Waals surface area contributed by atoms with Crippen molar-refractivity contribution in [1.82, 2.24) is 24.9 Å². The summed E-state index contributed by atoms with van der Waals surface area (Å²) in [6.45, 7) is 2.57. The van der Waals surface area contributed by atoms with Crippen LogP contribution in [0.5, 0.6) is 0 Å². The number of hydrogen-bond acceptors (Lipinski definition) is 5. The van der Waals surface area contributed by atoms with Gasteiger partial charge in [0, 0.05) is 31.4 Å². The molecular formula is C18H24N6O4. The second kappa shape index (κ2) is 8.68. The van der Waals surface area contributed by atoms with E-state index in [9.17, 15) is 14.4 Å². The molecule has 0 aliphatic heterocycles. The Morgan fingerprint density at radius 1 is 1.29 bits per heavy atom. The molecule has 3 rings (SSSR count). The SMILES string of the molecule is CCn1cc(NC(=O)CCn2nccc2C(=O)O)c(C(=O)NC2CCCC2)n1. The molecule has 1 fully saturated rings. The zero-order chi connectivity index (χ0) is 20.1. The number of carboxylic acid groups (broad SMARTS) is 1. The van der Waals surface area contributed by atoms with Crippen LogP contribution in [-0.4, -0.2) is 48.5 Å². The number of nitrogens with one attached hydrogen (secondary N) is 2. The van der Waals surface area contributed by atoms with E-state index in [4.69, 9.17) is 5.11 Å². The number of carbonyl (C=O) groups excluding carboxylic acids is 2. The maximum absolute atomic E-state index is 12.6. The molecule has 2 aromatic rings. The monoisotopic (exact) mass is 388 g/mol. The number of rotatable bonds is 8. The molecule has 10 heteroatoms. The van der Waals surface area contributed by atoms with Gasteiger partial charge in [-0.3, -0.25) is 19.0 Å². The van der Waals surface area contributed by atoms with Crippen molar-refractivity contribution in [2.75, 3.05) is 5.32 Å². The minimum Gasteiger partial charge on any atom is -0.477 e. The zero-order valence-corrected chi connectivity index (χ0v) is 15.7. The Labute approximate surface area is 161 Å². The molecule has 10 nitrogen and oxygen atoms in total. The molecule has 2 heterocycles. The van der Waals surface area contributed by atoms with Gasteiger partial charge < -0.3 is 15.7 Å². The van der Waals surface area contributed by atoms with Crippen molar-refractivity contribution >= 4 is 23.5 Å². The molecule has 0 radical (unpaired) electrons. The first-order valence-corrected chi connectivity index (χ1v) is 9.41. The number of amides is 2. The van der Waals surface area contributed by atoms with Crippen molar-refractivity contribution in [2.24, 2.45) is 0 Å². The number of carboxylic acids is 1. The smallest absolute Gasteiger partial charge is 0.354 e. The average molecular weight is 388 g/mol. The minimum absolute atomic E-state index is 0.0168. The molecule has 1 aliphatic carbocycles. The molecule has 28 heavy (non-hydrogen) atoms. The predicted octanol–water partition coefficient (Wildman–Crippen LogP) is 1.50. The molecule has 1 saturated carbocycles. The van der Waals surface area contributed by atoms with Crippen LogP contribution in [0, 0.1) is 0 Å². The summed E-state index contributed by atoms with van der Waals surface area (Å²) >= 11 is 0. The van der Waals surface area contributed by atoms with Gasteiger partial charge in [-0.05, 0) is 25.8 Å². The molecule has 0 atom stereocenters. The van der Waals surface area contributed by atoms with E-state index in [-0.39, 0.29) is 42.2 Å². The van der Waals surface area contributed by atoms with Gasteiger partial charge in [0.2, 0.25) is 5.91 Å². The normalized spacial score (nSPS) is 14.2. The Morgan fingerprint density at radius 3 is 2.71 bits per heavy atom. The van der Waals surface area contributed by atoms with Crippen LogP contribution in [0.2, 0.25) is 0 Å². The summed E-state index contributed by atoms with van der Waals surface area (Å²) in [5.41, 5.74) is 0.553. The third kappa shape index (κ3) is 4.56. The minimum atomic E-state index is -1.10. The number of hydrogen-bond donors (Lipinski definition) is 3. The lowest BCUT2D eigenvalue weighted by Crippen LogP contribution is -2.33. The van der Waals surface area contributed by atoms with Crippen LogP contribution in [0.15, 0.2) is 18.5 Å². The lowest BCUT2D eigenvalue weighted by Gasteiger charge is -2.11. The van der Waals surface area contributed by atoms with Gasteiger partial charge >= 0.3 is 5.97 Å². The Hall–Kier alpha value is -3.17. The van der Waals surface area contributed by atoms with E-state index >= 15 is 0 Å². The Bertz CT molecular complexity index is 865. The highest BCUT2D eigenvalue weighted by Crippen LogP contribution is 2.20. The molecule has 0 saturated heterocycles. The van der Waals surface area contributed by atoms with Crippen LogP contribution in [0.4, 0.5) is 5.69 Å². The fourth-order valence-electron chi connectivity index (χ4n) is 3.28. The summed E-state index contributed by atoms with van der Waals surface area (Å²) in [6.07, 6.45) is 7.13. The topological polar surface area (TPSA) is 131 Å². The summed E-state index contributed by atoms with van der Waals surface area (Å²) in [6, 6.07) is 1.52. The quantitative estimate of drug-likeness (QED) is 0.628. The zero-order valence-electron chi connectivity index (χ0n) is 15.7.